The zero-order chi connectivity index (χ0) is 15.9. The maximum absolute atomic E-state index is 11.8. The van der Waals surface area contributed by atoms with Gasteiger partial charge >= 0.3 is 0 Å². The number of carbonyl (C=O) groups is 1. The molecule has 0 bridgehead atoms. The number of rotatable bonds is 7. The molecule has 1 atom stereocenters. The first-order valence-electron chi connectivity index (χ1n) is 7.14. The number of hydrogen-bond acceptors (Lipinski definition) is 5. The molecule has 0 fully saturated rings. The van der Waals surface area contributed by atoms with Gasteiger partial charge in [-0.3, -0.25) is 4.79 Å². The fourth-order valence-electron chi connectivity index (χ4n) is 2.00. The summed E-state index contributed by atoms with van der Waals surface area (Å²) in [5.41, 5.74) is 1.04. The first-order chi connectivity index (χ1) is 10.6. The molecule has 5 nitrogen and oxygen atoms in total. The number of hydrogen-bond donors (Lipinski definition) is 1. The van der Waals surface area contributed by atoms with Gasteiger partial charge in [0.2, 0.25) is 0 Å². The predicted molar refractivity (Wildman–Crippen MR) is 84.5 cm³/mol. The Bertz CT molecular complexity index is 685. The average Bonchev–Trinajstić information content (AvgIpc) is 2.51. The molecule has 1 heterocycles. The van der Waals surface area contributed by atoms with Gasteiger partial charge in [-0.1, -0.05) is 61.9 Å². The third-order valence-corrected chi connectivity index (χ3v) is 4.26. The summed E-state index contributed by atoms with van der Waals surface area (Å²) in [6.45, 7) is 1.99. The van der Waals surface area contributed by atoms with Crippen LogP contribution in [0.3, 0.4) is 0 Å². The second kappa shape index (κ2) is 7.79. The molecular formula is C16H17N2O3S-. The maximum atomic E-state index is 11.8. The average molecular weight is 317 g/mol. The van der Waals surface area contributed by atoms with Gasteiger partial charge < -0.3 is 14.9 Å². The highest BCUT2D eigenvalue weighted by atomic mass is 32.2. The first-order valence-corrected chi connectivity index (χ1v) is 8.02. The Morgan fingerprint density at radius 2 is 2.09 bits per heavy atom. The van der Waals surface area contributed by atoms with Crippen molar-refractivity contribution < 1.29 is 9.90 Å². The molecule has 0 amide bonds. The van der Waals surface area contributed by atoms with Crippen molar-refractivity contribution in [2.75, 3.05) is 0 Å². The smallest absolute Gasteiger partial charge is 0.252 e. The SMILES string of the molecule is CCCC[C@H](Sc1nc(-c2ccccc2)cc(=O)[nH]1)C(=O)[O-]. The van der Waals surface area contributed by atoms with Crippen molar-refractivity contribution in [2.45, 2.75) is 36.6 Å². The number of unbranched alkanes of at least 4 members (excludes halogenated alkanes) is 1. The minimum Gasteiger partial charge on any atom is -0.549 e. The number of carboxylic acid groups (broad SMARTS) is 1. The Balaban J connectivity index is 2.26. The van der Waals surface area contributed by atoms with Crippen molar-refractivity contribution in [2.24, 2.45) is 0 Å². The highest BCUT2D eigenvalue weighted by Gasteiger charge is 2.14. The molecule has 1 N–H and O–H groups in total. The fourth-order valence-corrected chi connectivity index (χ4v) is 2.96. The van der Waals surface area contributed by atoms with Crippen molar-refractivity contribution in [3.05, 3.63) is 46.8 Å². The van der Waals surface area contributed by atoms with Gasteiger partial charge in [-0.25, -0.2) is 4.98 Å². The lowest BCUT2D eigenvalue weighted by atomic mass is 10.1. The van der Waals surface area contributed by atoms with Gasteiger partial charge in [0, 0.05) is 11.6 Å². The molecule has 22 heavy (non-hydrogen) atoms. The summed E-state index contributed by atoms with van der Waals surface area (Å²) >= 11 is 1.03. The van der Waals surface area contributed by atoms with Gasteiger partial charge in [0.05, 0.1) is 16.9 Å². The maximum Gasteiger partial charge on any atom is 0.252 e. The number of aromatic nitrogens is 2. The van der Waals surface area contributed by atoms with E-state index in [1.165, 1.54) is 6.07 Å². The van der Waals surface area contributed by atoms with E-state index in [0.29, 0.717) is 17.3 Å². The van der Waals surface area contributed by atoms with Crippen molar-refractivity contribution >= 4 is 17.7 Å². The lowest BCUT2D eigenvalue weighted by Gasteiger charge is -2.16. The van der Waals surface area contributed by atoms with E-state index in [4.69, 9.17) is 0 Å². The fraction of sp³-hybridized carbons (Fsp3) is 0.312. The number of aliphatic carboxylic acids is 1. The van der Waals surface area contributed by atoms with E-state index in [9.17, 15) is 14.7 Å². The van der Waals surface area contributed by atoms with Crippen LogP contribution in [0.25, 0.3) is 11.3 Å². The largest absolute Gasteiger partial charge is 0.549 e. The topological polar surface area (TPSA) is 85.9 Å². The normalized spacial score (nSPS) is 12.0. The summed E-state index contributed by atoms with van der Waals surface area (Å²) < 4.78 is 0. The van der Waals surface area contributed by atoms with Crippen LogP contribution in [0.15, 0.2) is 46.3 Å². The number of benzene rings is 1. The van der Waals surface area contributed by atoms with Gasteiger partial charge in [0.25, 0.3) is 5.56 Å². The van der Waals surface area contributed by atoms with Crippen LogP contribution in [0.4, 0.5) is 0 Å². The van der Waals surface area contributed by atoms with E-state index in [1.807, 2.05) is 37.3 Å². The summed E-state index contributed by atoms with van der Waals surface area (Å²) in [5.74, 6) is -1.13. The van der Waals surface area contributed by atoms with Crippen LogP contribution in [0.2, 0.25) is 0 Å². The second-order valence-electron chi connectivity index (χ2n) is 4.87. The van der Waals surface area contributed by atoms with Crippen molar-refractivity contribution in [1.29, 1.82) is 0 Å². The molecule has 116 valence electrons. The monoisotopic (exact) mass is 317 g/mol. The summed E-state index contributed by atoms with van der Waals surface area (Å²) in [5, 5.41) is 10.8. The van der Waals surface area contributed by atoms with Gasteiger partial charge in [-0.05, 0) is 6.42 Å². The van der Waals surface area contributed by atoms with E-state index in [0.717, 1.165) is 30.2 Å². The number of H-pyrrole nitrogens is 1. The van der Waals surface area contributed by atoms with Crippen LogP contribution in [0.5, 0.6) is 0 Å². The molecule has 1 aromatic carbocycles. The predicted octanol–water partition coefficient (Wildman–Crippen LogP) is 1.84. The zero-order valence-electron chi connectivity index (χ0n) is 12.2. The number of carboxylic acids is 1. The van der Waals surface area contributed by atoms with Crippen LogP contribution in [0, 0.1) is 0 Å². The van der Waals surface area contributed by atoms with Crippen LogP contribution in [-0.4, -0.2) is 21.2 Å². The Morgan fingerprint density at radius 1 is 1.36 bits per heavy atom. The van der Waals surface area contributed by atoms with Gasteiger partial charge in [0.15, 0.2) is 5.16 Å². The van der Waals surface area contributed by atoms with Gasteiger partial charge in [-0.15, -0.1) is 0 Å². The molecule has 0 aliphatic heterocycles. The molecule has 0 unspecified atom stereocenters. The van der Waals surface area contributed by atoms with Crippen LogP contribution in [-0.2, 0) is 4.79 Å². The van der Waals surface area contributed by atoms with E-state index in [1.54, 1.807) is 0 Å². The molecule has 0 saturated heterocycles. The third-order valence-electron chi connectivity index (χ3n) is 3.13. The molecular weight excluding hydrogens is 300 g/mol. The second-order valence-corrected chi connectivity index (χ2v) is 6.06. The van der Waals surface area contributed by atoms with E-state index in [2.05, 4.69) is 9.97 Å². The number of thioether (sulfide) groups is 1. The van der Waals surface area contributed by atoms with Crippen LogP contribution < -0.4 is 10.7 Å². The van der Waals surface area contributed by atoms with Crippen molar-refractivity contribution in [3.63, 3.8) is 0 Å². The quantitative estimate of drug-likeness (QED) is 0.622. The summed E-state index contributed by atoms with van der Waals surface area (Å²) in [7, 11) is 0. The molecule has 0 aliphatic rings. The minimum absolute atomic E-state index is 0.302. The standard InChI is InChI=1S/C16H18N2O3S/c1-2-3-9-13(15(20)21)22-16-17-12(10-14(19)18-16)11-7-5-4-6-8-11/h4-8,10,13H,2-3,9H2,1H3,(H,20,21)(H,17,18,19)/p-1/t13-/m0/s1. The Kier molecular flexibility index (Phi) is 5.77. The molecule has 0 radical (unpaired) electrons. The number of nitrogens with zero attached hydrogens (tertiary/aromatic N) is 1. The molecule has 0 aliphatic carbocycles. The summed E-state index contributed by atoms with van der Waals surface area (Å²) in [6, 6.07) is 10.7. The highest BCUT2D eigenvalue weighted by Crippen LogP contribution is 2.24. The molecule has 0 spiro atoms. The molecule has 6 heteroatoms. The van der Waals surface area contributed by atoms with E-state index < -0.39 is 11.2 Å². The lowest BCUT2D eigenvalue weighted by Crippen LogP contribution is -2.33. The molecule has 0 saturated carbocycles. The van der Waals surface area contributed by atoms with Gasteiger partial charge in [-0.2, -0.15) is 0 Å². The summed E-state index contributed by atoms with van der Waals surface area (Å²) in [4.78, 5) is 29.9. The zero-order valence-corrected chi connectivity index (χ0v) is 13.1. The Hall–Kier alpha value is -2.08. The number of carbonyl (C=O) groups excluding carboxylic acids is 1. The Morgan fingerprint density at radius 3 is 2.73 bits per heavy atom. The summed E-state index contributed by atoms with van der Waals surface area (Å²) in [6.07, 6.45) is 2.18. The van der Waals surface area contributed by atoms with Crippen molar-refractivity contribution in [1.82, 2.24) is 9.97 Å². The molecule has 2 aromatic rings. The number of nitrogens with one attached hydrogen (secondary N) is 1. The van der Waals surface area contributed by atoms with E-state index in [-0.39, 0.29) is 5.56 Å². The minimum atomic E-state index is -1.13. The third kappa shape index (κ3) is 4.46. The number of aromatic amines is 1. The highest BCUT2D eigenvalue weighted by molar-refractivity contribution is 8.00. The van der Waals surface area contributed by atoms with Crippen LogP contribution in [0.1, 0.15) is 26.2 Å². The van der Waals surface area contributed by atoms with Crippen LogP contribution >= 0.6 is 11.8 Å². The van der Waals surface area contributed by atoms with E-state index >= 15 is 0 Å². The van der Waals surface area contributed by atoms with Gasteiger partial charge in [0.1, 0.15) is 0 Å². The van der Waals surface area contributed by atoms with Crippen molar-refractivity contribution in [3.8, 4) is 11.3 Å². The Labute approximate surface area is 132 Å². The lowest BCUT2D eigenvalue weighted by molar-refractivity contribution is -0.304. The molecule has 1 aromatic heterocycles. The first kappa shape index (κ1) is 16.3. The molecule has 2 rings (SSSR count).